The van der Waals surface area contributed by atoms with Crippen molar-refractivity contribution < 1.29 is 5.11 Å². The van der Waals surface area contributed by atoms with Crippen molar-refractivity contribution >= 4 is 0 Å². The van der Waals surface area contributed by atoms with Crippen molar-refractivity contribution in [3.63, 3.8) is 0 Å². The molecule has 0 aliphatic carbocycles. The Morgan fingerprint density at radius 1 is 1.00 bits per heavy atom. The molecule has 0 aromatic rings. The van der Waals surface area contributed by atoms with Crippen LogP contribution >= 0.6 is 0 Å². The molecule has 0 aliphatic heterocycles. The Morgan fingerprint density at radius 3 is 1.67 bits per heavy atom. The molecule has 6 heteroatoms. The summed E-state index contributed by atoms with van der Waals surface area (Å²) in [4.78, 5) is 22.3. The van der Waals surface area contributed by atoms with Gasteiger partial charge in [0.1, 0.15) is 12.1 Å². The van der Waals surface area contributed by atoms with Gasteiger partial charge in [0.05, 0.1) is 6.10 Å². The second-order valence-electron chi connectivity index (χ2n) is 3.98. The number of aliphatic hydroxyl groups is 1. The summed E-state index contributed by atoms with van der Waals surface area (Å²) in [6, 6.07) is -0.690. The van der Waals surface area contributed by atoms with Gasteiger partial charge in [-0.15, -0.1) is 0 Å². The first-order valence-corrected chi connectivity index (χ1v) is 5.05. The second-order valence-corrected chi connectivity index (χ2v) is 3.98. The van der Waals surface area contributed by atoms with Gasteiger partial charge in [0.2, 0.25) is 0 Å². The van der Waals surface area contributed by atoms with Crippen LogP contribution in [-0.2, 0) is 0 Å². The van der Waals surface area contributed by atoms with Crippen LogP contribution in [0.1, 0.15) is 20.8 Å². The normalized spacial score (nSPS) is 17.1. The fraction of sp³-hybridized carbons (Fsp3) is 1.00. The van der Waals surface area contributed by atoms with Crippen LogP contribution in [0.15, 0.2) is 10.4 Å². The van der Waals surface area contributed by atoms with Gasteiger partial charge in [-0.1, -0.05) is 10.4 Å². The fourth-order valence-electron chi connectivity index (χ4n) is 1.41. The number of aliphatic hydroxyl groups excluding tert-OH is 1. The molecule has 0 saturated heterocycles. The summed E-state index contributed by atoms with van der Waals surface area (Å²) in [5.41, 5.74) is 0. The molecule has 0 amide bonds. The Hall–Kier alpha value is -0.880. The quantitative estimate of drug-likeness (QED) is 0.614. The Labute approximate surface area is 89.6 Å². The smallest absolute Gasteiger partial charge is 0.102 e. The first-order chi connectivity index (χ1) is 6.99. The van der Waals surface area contributed by atoms with Crippen LogP contribution in [0, 0.1) is 9.81 Å². The minimum Gasteiger partial charge on any atom is -0.392 e. The molecule has 88 valence electrons. The first kappa shape index (κ1) is 14.1. The molecule has 0 saturated carbocycles. The summed E-state index contributed by atoms with van der Waals surface area (Å²) in [6.45, 7) is 6.34. The van der Waals surface area contributed by atoms with Crippen molar-refractivity contribution in [2.75, 3.05) is 19.6 Å². The van der Waals surface area contributed by atoms with E-state index in [1.54, 1.807) is 20.8 Å². The van der Waals surface area contributed by atoms with Crippen LogP contribution in [0.3, 0.4) is 0 Å². The number of rotatable bonds is 8. The molecule has 0 heterocycles. The molecule has 15 heavy (non-hydrogen) atoms. The molecule has 3 unspecified atom stereocenters. The average Bonchev–Trinajstić information content (AvgIpc) is 2.16. The number of nitrogens with zero attached hydrogens (tertiary/aromatic N) is 3. The van der Waals surface area contributed by atoms with Crippen LogP contribution in [0.4, 0.5) is 0 Å². The Bertz CT molecular complexity index is 183. The summed E-state index contributed by atoms with van der Waals surface area (Å²) in [7, 11) is 0. The van der Waals surface area contributed by atoms with E-state index < -0.39 is 6.10 Å². The molecule has 0 radical (unpaired) electrons. The average molecular weight is 217 g/mol. The molecule has 0 aliphatic rings. The van der Waals surface area contributed by atoms with Gasteiger partial charge < -0.3 is 5.11 Å². The van der Waals surface area contributed by atoms with E-state index in [0.717, 1.165) is 0 Å². The maximum atomic E-state index is 10.3. The Kier molecular flexibility index (Phi) is 6.98. The van der Waals surface area contributed by atoms with Gasteiger partial charge in [-0.25, -0.2) is 0 Å². The predicted octanol–water partition coefficient (Wildman–Crippen LogP) is 0.979. The first-order valence-electron chi connectivity index (χ1n) is 5.05. The lowest BCUT2D eigenvalue weighted by Gasteiger charge is -2.25. The molecule has 0 fully saturated rings. The summed E-state index contributed by atoms with van der Waals surface area (Å²) >= 11 is 0. The molecular weight excluding hydrogens is 198 g/mol. The van der Waals surface area contributed by atoms with Crippen LogP contribution in [0.25, 0.3) is 0 Å². The van der Waals surface area contributed by atoms with Crippen LogP contribution < -0.4 is 0 Å². The third-order valence-electron chi connectivity index (χ3n) is 1.93. The highest BCUT2D eigenvalue weighted by atomic mass is 16.3. The standard InChI is InChI=1S/C9H19N3O3/c1-7(10-14)4-12(6-9(3)13)5-8(2)11-15/h7-9,13H,4-6H2,1-3H3. The molecule has 0 aromatic carbocycles. The SMILES string of the molecule is CC(O)CN(CC(C)N=O)CC(C)N=O. The molecule has 6 nitrogen and oxygen atoms in total. The van der Waals surface area contributed by atoms with E-state index in [2.05, 4.69) is 10.4 Å². The summed E-state index contributed by atoms with van der Waals surface area (Å²) in [5.74, 6) is 0. The monoisotopic (exact) mass is 217 g/mol. The topological polar surface area (TPSA) is 82.3 Å². The number of hydrogen-bond donors (Lipinski definition) is 1. The minimum atomic E-state index is -0.497. The third-order valence-corrected chi connectivity index (χ3v) is 1.93. The molecule has 1 N–H and O–H groups in total. The van der Waals surface area contributed by atoms with Crippen LogP contribution in [-0.4, -0.2) is 47.8 Å². The van der Waals surface area contributed by atoms with Crippen LogP contribution in [0.2, 0.25) is 0 Å². The Balaban J connectivity index is 4.16. The van der Waals surface area contributed by atoms with Gasteiger partial charge in [-0.2, -0.15) is 9.81 Å². The van der Waals surface area contributed by atoms with Crippen molar-refractivity contribution in [2.45, 2.75) is 39.0 Å². The third kappa shape index (κ3) is 7.10. The summed E-state index contributed by atoms with van der Waals surface area (Å²) in [6.07, 6.45) is -0.497. The van der Waals surface area contributed by atoms with E-state index >= 15 is 0 Å². The largest absolute Gasteiger partial charge is 0.392 e. The molecule has 3 atom stereocenters. The van der Waals surface area contributed by atoms with Gasteiger partial charge in [-0.3, -0.25) is 4.90 Å². The molecule has 0 spiro atoms. The van der Waals surface area contributed by atoms with Gasteiger partial charge in [-0.05, 0) is 20.8 Å². The van der Waals surface area contributed by atoms with E-state index in [1.165, 1.54) is 0 Å². The van der Waals surface area contributed by atoms with Crippen molar-refractivity contribution in [1.82, 2.24) is 4.90 Å². The lowest BCUT2D eigenvalue weighted by Crippen LogP contribution is -2.39. The maximum absolute atomic E-state index is 10.3. The van der Waals surface area contributed by atoms with Gasteiger partial charge in [0.15, 0.2) is 0 Å². The minimum absolute atomic E-state index is 0.345. The molecule has 0 bridgehead atoms. The van der Waals surface area contributed by atoms with Gasteiger partial charge >= 0.3 is 0 Å². The zero-order valence-electron chi connectivity index (χ0n) is 9.46. The highest BCUT2D eigenvalue weighted by molar-refractivity contribution is 4.73. The van der Waals surface area contributed by atoms with Gasteiger partial charge in [0, 0.05) is 19.6 Å². The van der Waals surface area contributed by atoms with E-state index in [0.29, 0.717) is 19.6 Å². The molecule has 0 rings (SSSR count). The number of hydrogen-bond acceptors (Lipinski definition) is 6. The lowest BCUT2D eigenvalue weighted by atomic mass is 10.2. The van der Waals surface area contributed by atoms with Crippen molar-refractivity contribution in [2.24, 2.45) is 10.4 Å². The lowest BCUT2D eigenvalue weighted by molar-refractivity contribution is 0.120. The van der Waals surface area contributed by atoms with E-state index in [9.17, 15) is 14.9 Å². The molecular formula is C9H19N3O3. The zero-order chi connectivity index (χ0) is 11.8. The van der Waals surface area contributed by atoms with Crippen molar-refractivity contribution in [1.29, 1.82) is 0 Å². The second kappa shape index (κ2) is 7.42. The Morgan fingerprint density at radius 2 is 1.40 bits per heavy atom. The predicted molar refractivity (Wildman–Crippen MR) is 58.6 cm³/mol. The molecule has 0 aromatic heterocycles. The van der Waals surface area contributed by atoms with E-state index in [1.807, 2.05) is 4.90 Å². The fourth-order valence-corrected chi connectivity index (χ4v) is 1.41. The van der Waals surface area contributed by atoms with Crippen LogP contribution in [0.5, 0.6) is 0 Å². The number of nitroso groups, excluding NO2 is 2. The van der Waals surface area contributed by atoms with E-state index in [-0.39, 0.29) is 12.1 Å². The highest BCUT2D eigenvalue weighted by Crippen LogP contribution is 2.01. The maximum Gasteiger partial charge on any atom is 0.102 e. The van der Waals surface area contributed by atoms with Crippen molar-refractivity contribution in [3.05, 3.63) is 9.81 Å². The van der Waals surface area contributed by atoms with Gasteiger partial charge in [0.25, 0.3) is 0 Å². The van der Waals surface area contributed by atoms with E-state index in [4.69, 9.17) is 0 Å². The summed E-state index contributed by atoms with van der Waals surface area (Å²) < 4.78 is 0. The van der Waals surface area contributed by atoms with Crippen molar-refractivity contribution in [3.8, 4) is 0 Å². The highest BCUT2D eigenvalue weighted by Gasteiger charge is 2.15. The summed E-state index contributed by atoms with van der Waals surface area (Å²) in [5, 5.41) is 15.0. The zero-order valence-corrected chi connectivity index (χ0v) is 9.46.